The van der Waals surface area contributed by atoms with Crippen LogP contribution in [-0.4, -0.2) is 35.6 Å². The zero-order valence-corrected chi connectivity index (χ0v) is 8.52. The Hall–Kier alpha value is -0.770. The minimum Gasteiger partial charge on any atom is -0.409 e. The molecule has 0 spiro atoms. The summed E-state index contributed by atoms with van der Waals surface area (Å²) >= 11 is 0. The molecule has 0 unspecified atom stereocenters. The molecule has 4 heteroatoms. The van der Waals surface area contributed by atoms with E-state index in [-0.39, 0.29) is 0 Å². The van der Waals surface area contributed by atoms with Gasteiger partial charge in [0.05, 0.1) is 6.54 Å². The summed E-state index contributed by atoms with van der Waals surface area (Å²) < 4.78 is 0. The fourth-order valence-electron chi connectivity index (χ4n) is 1.80. The van der Waals surface area contributed by atoms with E-state index in [1.807, 2.05) is 0 Å². The van der Waals surface area contributed by atoms with E-state index in [4.69, 9.17) is 10.9 Å². The van der Waals surface area contributed by atoms with Gasteiger partial charge in [0.1, 0.15) is 0 Å². The highest BCUT2D eigenvalue weighted by molar-refractivity contribution is 5.81. The van der Waals surface area contributed by atoms with Gasteiger partial charge in [-0.1, -0.05) is 5.16 Å². The smallest absolute Gasteiger partial charge is 0.153 e. The predicted molar refractivity (Wildman–Crippen MR) is 55.3 cm³/mol. The molecule has 14 heavy (non-hydrogen) atoms. The molecule has 2 aliphatic carbocycles. The fourth-order valence-corrected chi connectivity index (χ4v) is 1.80. The first kappa shape index (κ1) is 9.77. The summed E-state index contributed by atoms with van der Waals surface area (Å²) in [6.45, 7) is 2.89. The Kier molecular flexibility index (Phi) is 2.91. The van der Waals surface area contributed by atoms with Gasteiger partial charge < -0.3 is 10.9 Å². The van der Waals surface area contributed by atoms with Crippen LogP contribution < -0.4 is 5.73 Å². The zero-order valence-electron chi connectivity index (χ0n) is 8.52. The van der Waals surface area contributed by atoms with Crippen molar-refractivity contribution in [3.8, 4) is 0 Å². The molecule has 4 nitrogen and oxygen atoms in total. The van der Waals surface area contributed by atoms with E-state index in [0.29, 0.717) is 12.4 Å². The molecule has 2 aliphatic rings. The maximum Gasteiger partial charge on any atom is 0.153 e. The van der Waals surface area contributed by atoms with Crippen LogP contribution >= 0.6 is 0 Å². The summed E-state index contributed by atoms with van der Waals surface area (Å²) in [6.07, 6.45) is 5.43. The second-order valence-electron chi connectivity index (χ2n) is 4.67. The number of nitrogens with zero attached hydrogens (tertiary/aromatic N) is 2. The van der Waals surface area contributed by atoms with Crippen molar-refractivity contribution in [3.63, 3.8) is 0 Å². The number of hydrogen-bond acceptors (Lipinski definition) is 3. The summed E-state index contributed by atoms with van der Waals surface area (Å²) in [6, 6.07) is 0. The summed E-state index contributed by atoms with van der Waals surface area (Å²) in [5.74, 6) is 2.09. The van der Waals surface area contributed by atoms with Crippen molar-refractivity contribution in [2.24, 2.45) is 22.7 Å². The second kappa shape index (κ2) is 4.17. The number of rotatable bonds is 6. The molecular formula is C10H19N3O. The van der Waals surface area contributed by atoms with Crippen LogP contribution in [0.2, 0.25) is 0 Å². The highest BCUT2D eigenvalue weighted by atomic mass is 16.4. The van der Waals surface area contributed by atoms with Gasteiger partial charge in [0.25, 0.3) is 0 Å². The molecule has 3 N–H and O–H groups in total. The molecule has 0 aromatic heterocycles. The fraction of sp³-hybridized carbons (Fsp3) is 0.900. The third-order valence-corrected chi connectivity index (χ3v) is 2.94. The van der Waals surface area contributed by atoms with E-state index in [1.54, 1.807) is 0 Å². The molecule has 0 saturated heterocycles. The highest BCUT2D eigenvalue weighted by Crippen LogP contribution is 2.33. The van der Waals surface area contributed by atoms with Gasteiger partial charge in [0.15, 0.2) is 5.84 Å². The van der Waals surface area contributed by atoms with Crippen molar-refractivity contribution in [1.82, 2.24) is 4.90 Å². The lowest BCUT2D eigenvalue weighted by molar-refractivity contribution is 0.274. The van der Waals surface area contributed by atoms with E-state index in [1.165, 1.54) is 25.7 Å². The minimum atomic E-state index is 0.339. The van der Waals surface area contributed by atoms with E-state index in [2.05, 4.69) is 10.1 Å². The van der Waals surface area contributed by atoms with Gasteiger partial charge in [0, 0.05) is 13.1 Å². The molecule has 0 aromatic carbocycles. The number of hydrogen-bond donors (Lipinski definition) is 2. The van der Waals surface area contributed by atoms with E-state index >= 15 is 0 Å². The number of amidine groups is 1. The summed E-state index contributed by atoms with van der Waals surface area (Å²) in [7, 11) is 0. The van der Waals surface area contributed by atoms with E-state index in [9.17, 15) is 0 Å². The van der Waals surface area contributed by atoms with Gasteiger partial charge in [0.2, 0.25) is 0 Å². The molecule has 2 saturated carbocycles. The van der Waals surface area contributed by atoms with Crippen LogP contribution in [0.25, 0.3) is 0 Å². The molecule has 0 bridgehead atoms. The van der Waals surface area contributed by atoms with E-state index in [0.717, 1.165) is 24.9 Å². The summed E-state index contributed by atoms with van der Waals surface area (Å²) in [5.41, 5.74) is 5.52. The Morgan fingerprint density at radius 1 is 1.21 bits per heavy atom. The highest BCUT2D eigenvalue weighted by Gasteiger charge is 2.29. The van der Waals surface area contributed by atoms with Crippen molar-refractivity contribution in [2.45, 2.75) is 25.7 Å². The molecule has 0 aromatic rings. The van der Waals surface area contributed by atoms with Crippen LogP contribution in [0.15, 0.2) is 5.16 Å². The van der Waals surface area contributed by atoms with Crippen LogP contribution in [0.1, 0.15) is 25.7 Å². The Labute approximate surface area is 84.8 Å². The lowest BCUT2D eigenvalue weighted by atomic mass is 10.3. The van der Waals surface area contributed by atoms with Gasteiger partial charge >= 0.3 is 0 Å². The third-order valence-electron chi connectivity index (χ3n) is 2.94. The van der Waals surface area contributed by atoms with Crippen molar-refractivity contribution >= 4 is 5.84 Å². The molecule has 0 aliphatic heterocycles. The Bertz CT molecular complexity index is 207. The monoisotopic (exact) mass is 197 g/mol. The molecule has 0 atom stereocenters. The quantitative estimate of drug-likeness (QED) is 0.287. The van der Waals surface area contributed by atoms with Crippen molar-refractivity contribution < 1.29 is 5.21 Å². The SMILES string of the molecule is NC(CN(CC1CC1)CC1CC1)=NO. The molecule has 2 fully saturated rings. The number of oxime groups is 1. The van der Waals surface area contributed by atoms with Crippen molar-refractivity contribution in [2.75, 3.05) is 19.6 Å². The molecular weight excluding hydrogens is 178 g/mol. The molecule has 0 amide bonds. The van der Waals surface area contributed by atoms with Crippen LogP contribution in [0, 0.1) is 11.8 Å². The molecule has 80 valence electrons. The molecule has 0 heterocycles. The lowest BCUT2D eigenvalue weighted by Gasteiger charge is -2.20. The average Bonchev–Trinajstić information content (AvgIpc) is 2.99. The van der Waals surface area contributed by atoms with Crippen molar-refractivity contribution in [1.29, 1.82) is 0 Å². The Morgan fingerprint density at radius 3 is 2.07 bits per heavy atom. The Balaban J connectivity index is 1.76. The van der Waals surface area contributed by atoms with Crippen molar-refractivity contribution in [3.05, 3.63) is 0 Å². The standard InChI is InChI=1S/C10H19N3O/c11-10(12-14)7-13(5-8-1-2-8)6-9-3-4-9/h8-9,14H,1-7H2,(H2,11,12). The lowest BCUT2D eigenvalue weighted by Crippen LogP contribution is -2.36. The maximum atomic E-state index is 8.52. The van der Waals surface area contributed by atoms with Gasteiger partial charge in [-0.3, -0.25) is 4.90 Å². The summed E-state index contributed by atoms with van der Waals surface area (Å²) in [4.78, 5) is 2.34. The first-order chi connectivity index (χ1) is 6.78. The van der Waals surface area contributed by atoms with Gasteiger partial charge in [-0.25, -0.2) is 0 Å². The molecule has 0 radical (unpaired) electrons. The first-order valence-corrected chi connectivity index (χ1v) is 5.46. The summed E-state index contributed by atoms with van der Waals surface area (Å²) in [5, 5.41) is 11.6. The normalized spacial score (nSPS) is 23.1. The first-order valence-electron chi connectivity index (χ1n) is 5.46. The predicted octanol–water partition coefficient (Wildman–Crippen LogP) is 0.855. The zero-order chi connectivity index (χ0) is 9.97. The maximum absolute atomic E-state index is 8.52. The third kappa shape index (κ3) is 3.18. The largest absolute Gasteiger partial charge is 0.409 e. The van der Waals surface area contributed by atoms with Crippen LogP contribution in [0.5, 0.6) is 0 Å². The van der Waals surface area contributed by atoms with Gasteiger partial charge in [-0.15, -0.1) is 0 Å². The van der Waals surface area contributed by atoms with E-state index < -0.39 is 0 Å². The second-order valence-corrected chi connectivity index (χ2v) is 4.67. The number of nitrogens with two attached hydrogens (primary N) is 1. The van der Waals surface area contributed by atoms with Crippen LogP contribution in [-0.2, 0) is 0 Å². The van der Waals surface area contributed by atoms with Gasteiger partial charge in [-0.05, 0) is 37.5 Å². The Morgan fingerprint density at radius 2 is 1.71 bits per heavy atom. The van der Waals surface area contributed by atoms with Crippen LogP contribution in [0.3, 0.4) is 0 Å². The van der Waals surface area contributed by atoms with Crippen LogP contribution in [0.4, 0.5) is 0 Å². The minimum absolute atomic E-state index is 0.339. The van der Waals surface area contributed by atoms with Gasteiger partial charge in [-0.2, -0.15) is 0 Å². The topological polar surface area (TPSA) is 61.8 Å². The average molecular weight is 197 g/mol. The molecule has 2 rings (SSSR count).